The average Bonchev–Trinajstić information content (AvgIpc) is 3.31. The van der Waals surface area contributed by atoms with Crippen LogP contribution in [0.3, 0.4) is 0 Å². The Morgan fingerprint density at radius 3 is 2.56 bits per heavy atom. The number of hydrogen-bond acceptors (Lipinski definition) is 5. The molecule has 10 heteroatoms. The van der Waals surface area contributed by atoms with E-state index in [1.54, 1.807) is 18.2 Å². The zero-order valence-electron chi connectivity index (χ0n) is 20.8. The molecule has 5 rings (SSSR count). The highest BCUT2D eigenvalue weighted by Gasteiger charge is 2.47. The van der Waals surface area contributed by atoms with Crippen molar-refractivity contribution >= 4 is 11.7 Å². The Hall–Kier alpha value is -2.91. The van der Waals surface area contributed by atoms with E-state index in [4.69, 9.17) is 9.47 Å². The molecule has 1 saturated heterocycles. The predicted octanol–water partition coefficient (Wildman–Crippen LogP) is 5.60. The maximum absolute atomic E-state index is 14.2. The minimum absolute atomic E-state index is 0.0681. The molecule has 36 heavy (non-hydrogen) atoms. The van der Waals surface area contributed by atoms with Gasteiger partial charge >= 0.3 is 6.18 Å². The van der Waals surface area contributed by atoms with Crippen LogP contribution in [0, 0.1) is 11.8 Å². The molecular formula is C26H33F3N4O3. The Bertz CT molecular complexity index is 1120. The van der Waals surface area contributed by atoms with Crippen LogP contribution in [0.4, 0.5) is 19.0 Å². The topological polar surface area (TPSA) is 68.6 Å². The van der Waals surface area contributed by atoms with Crippen LogP contribution in [0.25, 0.3) is 0 Å². The molecule has 3 aliphatic rings. The van der Waals surface area contributed by atoms with Gasteiger partial charge < -0.3 is 19.7 Å². The number of amides is 1. The van der Waals surface area contributed by atoms with E-state index in [1.165, 1.54) is 26.7 Å². The number of nitrogens with one attached hydrogen (secondary N) is 1. The van der Waals surface area contributed by atoms with Gasteiger partial charge in [0.05, 0.1) is 20.3 Å². The number of piperidine rings is 1. The second kappa shape index (κ2) is 9.52. The van der Waals surface area contributed by atoms with Crippen molar-refractivity contribution in [1.82, 2.24) is 14.7 Å². The fraction of sp³-hybridized carbons (Fsp3) is 0.615. The largest absolute Gasteiger partial charge is 0.493 e. The average molecular weight is 507 g/mol. The standard InChI is InChI=1S/C26H33F3N4O3/c1-15-10-11-32(20-7-5-4-6-17(15)20)25(34)19-14-24-30-18(13-23(26(27,28)29)33(24)31-19)16-8-9-21(35-2)22(12-16)36-3/h8-9,12,14-15,17-18,20,23,30H,4-7,10-11,13H2,1-3H3/t15-,17+,18-,20-,23+/m0/s1. The third-order valence-corrected chi connectivity index (χ3v) is 8.22. The van der Waals surface area contributed by atoms with E-state index in [2.05, 4.69) is 17.3 Å². The third kappa shape index (κ3) is 4.39. The fourth-order valence-corrected chi connectivity index (χ4v) is 6.28. The van der Waals surface area contributed by atoms with Crippen molar-refractivity contribution in [1.29, 1.82) is 0 Å². The number of halogens is 3. The number of rotatable bonds is 4. The zero-order chi connectivity index (χ0) is 25.6. The van der Waals surface area contributed by atoms with Crippen molar-refractivity contribution in [3.05, 3.63) is 35.5 Å². The predicted molar refractivity (Wildman–Crippen MR) is 128 cm³/mol. The summed E-state index contributed by atoms with van der Waals surface area (Å²) in [6.45, 7) is 2.86. The first kappa shape index (κ1) is 24.8. The molecule has 7 nitrogen and oxygen atoms in total. The molecule has 1 aromatic carbocycles. The maximum Gasteiger partial charge on any atom is 0.410 e. The Balaban J connectivity index is 1.45. The molecule has 5 atom stereocenters. The number of fused-ring (bicyclic) bond motifs is 2. The van der Waals surface area contributed by atoms with Crippen molar-refractivity contribution in [3.63, 3.8) is 0 Å². The molecule has 2 aliphatic heterocycles. The Morgan fingerprint density at radius 2 is 1.83 bits per heavy atom. The van der Waals surface area contributed by atoms with Gasteiger partial charge in [-0.1, -0.05) is 25.8 Å². The number of likely N-dealkylation sites (tertiary alicyclic amines) is 1. The summed E-state index contributed by atoms with van der Waals surface area (Å²) in [7, 11) is 2.99. The van der Waals surface area contributed by atoms with Crippen molar-refractivity contribution in [3.8, 4) is 11.5 Å². The lowest BCUT2D eigenvalue weighted by atomic mass is 9.72. The number of carbonyl (C=O) groups is 1. The van der Waals surface area contributed by atoms with Crippen LogP contribution >= 0.6 is 0 Å². The summed E-state index contributed by atoms with van der Waals surface area (Å²) >= 11 is 0. The molecule has 0 bridgehead atoms. The van der Waals surface area contributed by atoms with Crippen molar-refractivity contribution in [2.24, 2.45) is 11.8 Å². The highest BCUT2D eigenvalue weighted by molar-refractivity contribution is 5.93. The van der Waals surface area contributed by atoms with Gasteiger partial charge in [-0.25, -0.2) is 4.68 Å². The number of methoxy groups -OCH3 is 2. The minimum Gasteiger partial charge on any atom is -0.493 e. The van der Waals surface area contributed by atoms with Gasteiger partial charge in [-0.15, -0.1) is 0 Å². The number of carbonyl (C=O) groups excluding carboxylic acids is 1. The molecule has 0 radical (unpaired) electrons. The molecule has 1 saturated carbocycles. The number of hydrogen-bond donors (Lipinski definition) is 1. The summed E-state index contributed by atoms with van der Waals surface area (Å²) in [5.41, 5.74) is 0.705. The number of anilines is 1. The van der Waals surface area contributed by atoms with E-state index in [0.717, 1.165) is 30.4 Å². The van der Waals surface area contributed by atoms with Crippen molar-refractivity contribution in [2.45, 2.75) is 69.8 Å². The summed E-state index contributed by atoms with van der Waals surface area (Å²) in [6.07, 6.45) is 0.410. The third-order valence-electron chi connectivity index (χ3n) is 8.22. The Morgan fingerprint density at radius 1 is 1.08 bits per heavy atom. The van der Waals surface area contributed by atoms with Gasteiger partial charge in [-0.05, 0) is 48.8 Å². The summed E-state index contributed by atoms with van der Waals surface area (Å²) in [4.78, 5) is 15.4. The van der Waals surface area contributed by atoms with Gasteiger partial charge in [0.1, 0.15) is 5.82 Å². The minimum atomic E-state index is -4.52. The molecule has 0 unspecified atom stereocenters. The van der Waals surface area contributed by atoms with E-state index in [0.29, 0.717) is 35.4 Å². The normalized spacial score (nSPS) is 28.1. The molecule has 2 fully saturated rings. The van der Waals surface area contributed by atoms with Crippen LogP contribution in [0.2, 0.25) is 0 Å². The lowest BCUT2D eigenvalue weighted by Crippen LogP contribution is -2.52. The van der Waals surface area contributed by atoms with Crippen molar-refractivity contribution in [2.75, 3.05) is 26.1 Å². The molecule has 3 heterocycles. The number of alkyl halides is 3. The van der Waals surface area contributed by atoms with Gasteiger partial charge in [0.25, 0.3) is 5.91 Å². The molecule has 1 aliphatic carbocycles. The second-order valence-electron chi connectivity index (χ2n) is 10.2. The lowest BCUT2D eigenvalue weighted by molar-refractivity contribution is -0.173. The van der Waals surface area contributed by atoms with Gasteiger partial charge in [-0.3, -0.25) is 4.79 Å². The summed E-state index contributed by atoms with van der Waals surface area (Å²) in [5.74, 6) is 1.86. The first-order chi connectivity index (χ1) is 17.2. The van der Waals surface area contributed by atoms with E-state index >= 15 is 0 Å². The van der Waals surface area contributed by atoms with E-state index in [9.17, 15) is 18.0 Å². The number of benzene rings is 1. The zero-order valence-corrected chi connectivity index (χ0v) is 20.8. The van der Waals surface area contributed by atoms with Gasteiger partial charge in [-0.2, -0.15) is 18.3 Å². The van der Waals surface area contributed by atoms with Crippen LogP contribution in [0.5, 0.6) is 11.5 Å². The fourth-order valence-electron chi connectivity index (χ4n) is 6.28. The molecule has 196 valence electrons. The first-order valence-electron chi connectivity index (χ1n) is 12.7. The van der Waals surface area contributed by atoms with Gasteiger partial charge in [0.15, 0.2) is 23.2 Å². The van der Waals surface area contributed by atoms with Gasteiger partial charge in [0, 0.05) is 25.1 Å². The van der Waals surface area contributed by atoms with Crippen LogP contribution in [-0.4, -0.2) is 53.6 Å². The SMILES string of the molecule is COc1ccc([C@@H]2C[C@H](C(F)(F)F)n3nc(C(=O)N4CC[C@H](C)[C@H]5CCCC[C@@H]54)cc3N2)cc1OC. The molecule has 1 N–H and O–H groups in total. The summed E-state index contributed by atoms with van der Waals surface area (Å²) in [6, 6.07) is 4.21. The molecule has 0 spiro atoms. The molecule has 1 amide bonds. The smallest absolute Gasteiger partial charge is 0.410 e. The van der Waals surface area contributed by atoms with Crippen molar-refractivity contribution < 1.29 is 27.4 Å². The molecule has 1 aromatic heterocycles. The summed E-state index contributed by atoms with van der Waals surface area (Å²) in [5, 5.41) is 7.40. The lowest BCUT2D eigenvalue weighted by Gasteiger charge is -2.47. The highest BCUT2D eigenvalue weighted by atomic mass is 19.4. The quantitative estimate of drug-likeness (QED) is 0.585. The van der Waals surface area contributed by atoms with E-state index in [-0.39, 0.29) is 29.9 Å². The number of aromatic nitrogens is 2. The first-order valence-corrected chi connectivity index (χ1v) is 12.7. The number of ether oxygens (including phenoxy) is 2. The van der Waals surface area contributed by atoms with E-state index in [1.807, 2.05) is 4.90 Å². The molecular weight excluding hydrogens is 473 g/mol. The Labute approximate surface area is 208 Å². The monoisotopic (exact) mass is 506 g/mol. The Kier molecular flexibility index (Phi) is 6.55. The van der Waals surface area contributed by atoms with Crippen LogP contribution in [0.15, 0.2) is 24.3 Å². The van der Waals surface area contributed by atoms with Crippen LogP contribution < -0.4 is 14.8 Å². The highest BCUT2D eigenvalue weighted by Crippen LogP contribution is 2.45. The van der Waals surface area contributed by atoms with Crippen LogP contribution in [0.1, 0.15) is 73.6 Å². The summed E-state index contributed by atoms with van der Waals surface area (Å²) < 4.78 is 54.1. The maximum atomic E-state index is 14.2. The number of nitrogens with zero attached hydrogens (tertiary/aromatic N) is 3. The van der Waals surface area contributed by atoms with Gasteiger partial charge in [0.2, 0.25) is 0 Å². The van der Waals surface area contributed by atoms with E-state index < -0.39 is 18.3 Å². The molecule has 2 aromatic rings. The second-order valence-corrected chi connectivity index (χ2v) is 10.2. The van der Waals surface area contributed by atoms with Crippen LogP contribution in [-0.2, 0) is 0 Å².